The molecule has 0 saturated carbocycles. The van der Waals surface area contributed by atoms with Crippen LogP contribution in [-0.4, -0.2) is 31.1 Å². The first-order valence-corrected chi connectivity index (χ1v) is 8.41. The molecule has 1 saturated heterocycles. The highest BCUT2D eigenvalue weighted by Crippen LogP contribution is 2.26. The van der Waals surface area contributed by atoms with Gasteiger partial charge in [-0.25, -0.2) is 18.5 Å². The molecule has 2 heterocycles. The van der Waals surface area contributed by atoms with Crippen LogP contribution < -0.4 is 10.0 Å². The number of halogens is 2. The highest BCUT2D eigenvalue weighted by Gasteiger charge is 2.37. The van der Waals surface area contributed by atoms with Crippen LogP contribution >= 0.6 is 38.5 Å². The zero-order valence-corrected chi connectivity index (χ0v) is 13.6. The Kier molecular flexibility index (Phi) is 3.95. The summed E-state index contributed by atoms with van der Waals surface area (Å²) in [6, 6.07) is 3.47. The Morgan fingerprint density at radius 1 is 1.50 bits per heavy atom. The average molecular weight is 446 g/mol. The monoisotopic (exact) mass is 445 g/mol. The van der Waals surface area contributed by atoms with Gasteiger partial charge in [0, 0.05) is 16.5 Å². The Balaban J connectivity index is 2.30. The number of sulfonamides is 1. The van der Waals surface area contributed by atoms with Crippen molar-refractivity contribution in [2.45, 2.75) is 11.7 Å². The molecule has 1 aromatic heterocycles. The molecule has 1 unspecified atom stereocenters. The molecule has 0 aliphatic carbocycles. The maximum absolute atomic E-state index is 11.8. The van der Waals surface area contributed by atoms with Crippen LogP contribution in [-0.2, 0) is 14.8 Å². The molecule has 1 fully saturated rings. The Bertz CT molecular complexity index is 607. The highest BCUT2D eigenvalue weighted by molar-refractivity contribution is 14.1. The van der Waals surface area contributed by atoms with Gasteiger partial charge in [0.25, 0.3) is 0 Å². The zero-order valence-electron chi connectivity index (χ0n) is 9.01. The normalized spacial score (nSPS) is 20.5. The van der Waals surface area contributed by atoms with Crippen LogP contribution in [0.4, 0.5) is 5.82 Å². The summed E-state index contributed by atoms with van der Waals surface area (Å²) in [4.78, 5) is 17.3. The van der Waals surface area contributed by atoms with Gasteiger partial charge in [0.05, 0.1) is 0 Å². The molecule has 1 aliphatic rings. The summed E-state index contributed by atoms with van der Waals surface area (Å²) in [6.07, 6.45) is -0.0931. The predicted molar refractivity (Wildman–Crippen MR) is 78.5 cm³/mol. The van der Waals surface area contributed by atoms with Crippen LogP contribution in [0.5, 0.6) is 0 Å². The molecule has 1 aliphatic heterocycles. The molecule has 0 aromatic carbocycles. The van der Waals surface area contributed by atoms with Crippen LogP contribution in [0.25, 0.3) is 0 Å². The van der Waals surface area contributed by atoms with Crippen molar-refractivity contribution in [1.82, 2.24) is 4.98 Å². The number of hydrogen-bond donors (Lipinski definition) is 1. The number of amides is 1. The van der Waals surface area contributed by atoms with Crippen LogP contribution in [0.1, 0.15) is 6.42 Å². The molecule has 1 atom stereocenters. The van der Waals surface area contributed by atoms with Crippen molar-refractivity contribution >= 4 is 60.3 Å². The second kappa shape index (κ2) is 5.02. The third kappa shape index (κ3) is 2.83. The third-order valence-electron chi connectivity index (χ3n) is 2.62. The first-order valence-electron chi connectivity index (χ1n) is 4.93. The topological polar surface area (TPSA) is 93.4 Å². The van der Waals surface area contributed by atoms with E-state index in [-0.39, 0.29) is 18.9 Å². The Labute approximate surface area is 126 Å². The van der Waals surface area contributed by atoms with E-state index >= 15 is 0 Å². The summed E-state index contributed by atoms with van der Waals surface area (Å²) in [5.41, 5.74) is 0. The SMILES string of the molecule is NS(=O)(=O)C1CC(=O)N(c2ccc(I)c(Br)n2)C1. The smallest absolute Gasteiger partial charge is 0.229 e. The van der Waals surface area contributed by atoms with Crippen LogP contribution in [0.15, 0.2) is 16.7 Å². The van der Waals surface area contributed by atoms with E-state index in [1.807, 2.05) is 0 Å². The lowest BCUT2D eigenvalue weighted by molar-refractivity contribution is -0.117. The van der Waals surface area contributed by atoms with E-state index in [4.69, 9.17) is 5.14 Å². The number of hydrogen-bond acceptors (Lipinski definition) is 4. The Hall–Kier alpha value is -0.260. The minimum atomic E-state index is -3.70. The van der Waals surface area contributed by atoms with Gasteiger partial charge in [-0.15, -0.1) is 0 Å². The number of primary sulfonamides is 1. The minimum Gasteiger partial charge on any atom is -0.295 e. The lowest BCUT2D eigenvalue weighted by Crippen LogP contribution is -2.32. The predicted octanol–water partition coefficient (Wildman–Crippen LogP) is 0.843. The van der Waals surface area contributed by atoms with Gasteiger partial charge in [0.15, 0.2) is 0 Å². The zero-order chi connectivity index (χ0) is 13.5. The standard InChI is InChI=1S/C9H9BrIN3O3S/c10-9-6(11)1-2-7(13-9)14-4-5(3-8(14)15)18(12,16)17/h1-2,5H,3-4H2,(H2,12,16,17). The summed E-state index contributed by atoms with van der Waals surface area (Å²) in [6.45, 7) is 0.0533. The first kappa shape index (κ1) is 14.2. The number of nitrogens with zero attached hydrogens (tertiary/aromatic N) is 2. The fraction of sp³-hybridized carbons (Fsp3) is 0.333. The molecule has 1 amide bonds. The van der Waals surface area contributed by atoms with Crippen molar-refractivity contribution in [3.63, 3.8) is 0 Å². The lowest BCUT2D eigenvalue weighted by atomic mass is 10.4. The molecule has 1 aromatic rings. The van der Waals surface area contributed by atoms with Gasteiger partial charge in [-0.1, -0.05) is 0 Å². The molecule has 0 radical (unpaired) electrons. The lowest BCUT2D eigenvalue weighted by Gasteiger charge is -2.15. The number of nitrogens with two attached hydrogens (primary N) is 1. The fourth-order valence-corrected chi connectivity index (χ4v) is 3.02. The summed E-state index contributed by atoms with van der Waals surface area (Å²) in [7, 11) is -3.70. The molecule has 2 rings (SSSR count). The van der Waals surface area contributed by atoms with Crippen LogP contribution in [0.2, 0.25) is 0 Å². The molecule has 0 spiro atoms. The number of aromatic nitrogens is 1. The quantitative estimate of drug-likeness (QED) is 0.539. The second-order valence-corrected chi connectivity index (χ2v) is 7.62. The van der Waals surface area contributed by atoms with Gasteiger partial charge >= 0.3 is 0 Å². The molecule has 0 bridgehead atoms. The van der Waals surface area contributed by atoms with Crippen molar-refractivity contribution in [2.24, 2.45) is 5.14 Å². The van der Waals surface area contributed by atoms with Crippen molar-refractivity contribution in [1.29, 1.82) is 0 Å². The number of carbonyl (C=O) groups excluding carboxylic acids is 1. The van der Waals surface area contributed by atoms with Crippen LogP contribution in [0, 0.1) is 3.57 Å². The van der Waals surface area contributed by atoms with E-state index in [0.29, 0.717) is 10.4 Å². The highest BCUT2D eigenvalue weighted by atomic mass is 127. The molecule has 9 heteroatoms. The van der Waals surface area contributed by atoms with Crippen molar-refractivity contribution < 1.29 is 13.2 Å². The summed E-state index contributed by atoms with van der Waals surface area (Å²) < 4.78 is 24.0. The maximum atomic E-state index is 11.8. The Morgan fingerprint density at radius 3 is 2.67 bits per heavy atom. The molecule has 2 N–H and O–H groups in total. The molecule has 6 nitrogen and oxygen atoms in total. The maximum Gasteiger partial charge on any atom is 0.229 e. The molecule has 98 valence electrons. The van der Waals surface area contributed by atoms with Gasteiger partial charge < -0.3 is 0 Å². The van der Waals surface area contributed by atoms with Gasteiger partial charge in [-0.3, -0.25) is 9.69 Å². The molecule has 18 heavy (non-hydrogen) atoms. The number of carbonyl (C=O) groups is 1. The van der Waals surface area contributed by atoms with Gasteiger partial charge in [-0.2, -0.15) is 0 Å². The van der Waals surface area contributed by atoms with Gasteiger partial charge in [0.2, 0.25) is 15.9 Å². The van der Waals surface area contributed by atoms with Crippen molar-refractivity contribution in [3.8, 4) is 0 Å². The average Bonchev–Trinajstić information content (AvgIpc) is 2.64. The fourth-order valence-electron chi connectivity index (χ4n) is 1.67. The number of rotatable bonds is 2. The minimum absolute atomic E-state index is 0.0533. The first-order chi connectivity index (χ1) is 8.29. The summed E-state index contributed by atoms with van der Waals surface area (Å²) in [5.74, 6) is 0.146. The van der Waals surface area contributed by atoms with E-state index in [2.05, 4.69) is 43.5 Å². The molecular formula is C9H9BrIN3O3S. The Morgan fingerprint density at radius 2 is 2.17 bits per heavy atom. The summed E-state index contributed by atoms with van der Waals surface area (Å²) >= 11 is 5.37. The van der Waals surface area contributed by atoms with E-state index in [0.717, 1.165) is 3.57 Å². The van der Waals surface area contributed by atoms with E-state index in [1.165, 1.54) is 4.90 Å². The van der Waals surface area contributed by atoms with E-state index < -0.39 is 15.3 Å². The van der Waals surface area contributed by atoms with Gasteiger partial charge in [-0.05, 0) is 50.7 Å². The third-order valence-corrected chi connectivity index (χ3v) is 6.08. The summed E-state index contributed by atoms with van der Waals surface area (Å²) in [5, 5.41) is 4.20. The second-order valence-electron chi connectivity index (χ2n) is 3.86. The van der Waals surface area contributed by atoms with Gasteiger partial charge in [0.1, 0.15) is 15.7 Å². The number of pyridine rings is 1. The largest absolute Gasteiger partial charge is 0.295 e. The van der Waals surface area contributed by atoms with E-state index in [9.17, 15) is 13.2 Å². The number of anilines is 1. The molecular weight excluding hydrogens is 437 g/mol. The van der Waals surface area contributed by atoms with Crippen molar-refractivity contribution in [3.05, 3.63) is 20.3 Å². The van der Waals surface area contributed by atoms with Crippen molar-refractivity contribution in [2.75, 3.05) is 11.4 Å². The van der Waals surface area contributed by atoms with Crippen LogP contribution in [0.3, 0.4) is 0 Å². The van der Waals surface area contributed by atoms with E-state index in [1.54, 1.807) is 12.1 Å².